The van der Waals surface area contributed by atoms with Crippen LogP contribution in [0.4, 0.5) is 0 Å². The Hall–Kier alpha value is -2.51. The number of hydrogen-bond acceptors (Lipinski definition) is 5. The lowest BCUT2D eigenvalue weighted by molar-refractivity contribution is 0.0161. The van der Waals surface area contributed by atoms with E-state index in [4.69, 9.17) is 4.74 Å². The number of rotatable bonds is 5. The van der Waals surface area contributed by atoms with E-state index < -0.39 is 0 Å². The average Bonchev–Trinajstić information content (AvgIpc) is 2.63. The summed E-state index contributed by atoms with van der Waals surface area (Å²) in [6.07, 6.45) is 3.55. The number of nitrogens with one attached hydrogen (secondary N) is 2. The second-order valence-electron chi connectivity index (χ2n) is 6.50. The largest absolute Gasteiger partial charge is 0.379 e. The molecular weight excluding hydrogens is 332 g/mol. The van der Waals surface area contributed by atoms with Crippen LogP contribution in [0.15, 0.2) is 35.4 Å². The van der Waals surface area contributed by atoms with Crippen molar-refractivity contribution >= 4 is 5.91 Å². The van der Waals surface area contributed by atoms with E-state index in [-0.39, 0.29) is 23.1 Å². The van der Waals surface area contributed by atoms with Crippen molar-refractivity contribution in [1.29, 1.82) is 0 Å². The Labute approximate surface area is 152 Å². The minimum Gasteiger partial charge on any atom is -0.379 e. The first-order valence-corrected chi connectivity index (χ1v) is 8.76. The van der Waals surface area contributed by atoms with Crippen molar-refractivity contribution in [1.82, 2.24) is 20.2 Å². The summed E-state index contributed by atoms with van der Waals surface area (Å²) in [5.74, 6) is -0.356. The molecule has 1 fully saturated rings. The zero-order valence-electron chi connectivity index (χ0n) is 15.1. The van der Waals surface area contributed by atoms with Crippen LogP contribution in [0.5, 0.6) is 0 Å². The Morgan fingerprint density at radius 1 is 1.38 bits per heavy atom. The third kappa shape index (κ3) is 4.17. The zero-order chi connectivity index (χ0) is 18.5. The van der Waals surface area contributed by atoms with Gasteiger partial charge in [-0.25, -0.2) is 0 Å². The molecule has 2 N–H and O–H groups in total. The van der Waals surface area contributed by atoms with Crippen LogP contribution in [-0.4, -0.2) is 53.6 Å². The van der Waals surface area contributed by atoms with Crippen molar-refractivity contribution in [3.63, 3.8) is 0 Å². The van der Waals surface area contributed by atoms with E-state index >= 15 is 0 Å². The van der Waals surface area contributed by atoms with Gasteiger partial charge in [-0.1, -0.05) is 6.07 Å². The molecule has 0 radical (unpaired) electrons. The van der Waals surface area contributed by atoms with Gasteiger partial charge in [-0.15, -0.1) is 0 Å². The van der Waals surface area contributed by atoms with Crippen LogP contribution in [0.3, 0.4) is 0 Å². The standard InChI is InChI=1S/C19H24N4O3/c1-13-10-14(2)22-19(25)17(13)18(24)21-12-16(15-4-3-5-20-11-15)23-6-8-26-9-7-23/h3-5,10-11,16H,6-9,12H2,1-2H3,(H,21,24)(H,22,25)/t16-/m1/s1. The van der Waals surface area contributed by atoms with E-state index in [1.165, 1.54) is 0 Å². The Morgan fingerprint density at radius 3 is 2.81 bits per heavy atom. The smallest absolute Gasteiger partial charge is 0.261 e. The van der Waals surface area contributed by atoms with Gasteiger partial charge >= 0.3 is 0 Å². The average molecular weight is 356 g/mol. The molecule has 0 bridgehead atoms. The van der Waals surface area contributed by atoms with Crippen LogP contribution in [0, 0.1) is 13.8 Å². The van der Waals surface area contributed by atoms with Crippen LogP contribution in [0.1, 0.15) is 33.2 Å². The molecule has 1 amide bonds. The number of H-pyrrole nitrogens is 1. The molecule has 2 aromatic heterocycles. The first-order chi connectivity index (χ1) is 12.6. The van der Waals surface area contributed by atoms with Crippen LogP contribution >= 0.6 is 0 Å². The van der Waals surface area contributed by atoms with Crippen molar-refractivity contribution in [3.8, 4) is 0 Å². The Bertz CT molecular complexity index is 813. The summed E-state index contributed by atoms with van der Waals surface area (Å²) in [7, 11) is 0. The van der Waals surface area contributed by atoms with Gasteiger partial charge in [0, 0.05) is 37.7 Å². The maximum absolute atomic E-state index is 12.6. The monoisotopic (exact) mass is 356 g/mol. The van der Waals surface area contributed by atoms with Gasteiger partial charge < -0.3 is 15.0 Å². The summed E-state index contributed by atoms with van der Waals surface area (Å²) in [5, 5.41) is 2.93. The molecule has 7 nitrogen and oxygen atoms in total. The van der Waals surface area contributed by atoms with Crippen LogP contribution in [0.25, 0.3) is 0 Å². The van der Waals surface area contributed by atoms with Crippen molar-refractivity contribution in [2.24, 2.45) is 0 Å². The predicted molar refractivity (Wildman–Crippen MR) is 98.2 cm³/mol. The number of amides is 1. The van der Waals surface area contributed by atoms with Crippen LogP contribution < -0.4 is 10.9 Å². The van der Waals surface area contributed by atoms with E-state index in [9.17, 15) is 9.59 Å². The number of carbonyl (C=O) groups excluding carboxylic acids is 1. The van der Waals surface area contributed by atoms with Crippen molar-refractivity contribution < 1.29 is 9.53 Å². The molecule has 3 rings (SSSR count). The number of morpholine rings is 1. The zero-order valence-corrected chi connectivity index (χ0v) is 15.1. The van der Waals surface area contributed by atoms with Gasteiger partial charge in [-0.2, -0.15) is 0 Å². The van der Waals surface area contributed by atoms with E-state index in [2.05, 4.69) is 20.2 Å². The molecule has 26 heavy (non-hydrogen) atoms. The highest BCUT2D eigenvalue weighted by Crippen LogP contribution is 2.20. The number of nitrogens with zero attached hydrogens (tertiary/aromatic N) is 2. The first-order valence-electron chi connectivity index (χ1n) is 8.76. The number of aromatic nitrogens is 2. The molecule has 0 aliphatic carbocycles. The normalized spacial score (nSPS) is 16.2. The predicted octanol–water partition coefficient (Wildman–Crippen LogP) is 1.19. The molecule has 0 unspecified atom stereocenters. The molecule has 1 aliphatic heterocycles. The quantitative estimate of drug-likeness (QED) is 0.840. The summed E-state index contributed by atoms with van der Waals surface area (Å²) in [5.41, 5.74) is 2.26. The minimum absolute atomic E-state index is 0.0126. The lowest BCUT2D eigenvalue weighted by Crippen LogP contribution is -2.44. The number of carbonyl (C=O) groups is 1. The summed E-state index contributed by atoms with van der Waals surface area (Å²) in [6, 6.07) is 5.68. The van der Waals surface area contributed by atoms with Crippen molar-refractivity contribution in [2.45, 2.75) is 19.9 Å². The molecule has 1 atom stereocenters. The van der Waals surface area contributed by atoms with Gasteiger partial charge in [0.2, 0.25) is 0 Å². The molecule has 7 heteroatoms. The van der Waals surface area contributed by atoms with E-state index in [1.54, 1.807) is 26.1 Å². The topological polar surface area (TPSA) is 87.3 Å². The number of ether oxygens (including phenoxy) is 1. The summed E-state index contributed by atoms with van der Waals surface area (Å²) < 4.78 is 5.43. The second-order valence-corrected chi connectivity index (χ2v) is 6.50. The lowest BCUT2D eigenvalue weighted by atomic mass is 10.1. The molecule has 1 saturated heterocycles. The van der Waals surface area contributed by atoms with Gasteiger partial charge in [-0.3, -0.25) is 19.5 Å². The molecule has 2 aromatic rings. The van der Waals surface area contributed by atoms with Crippen molar-refractivity contribution in [2.75, 3.05) is 32.8 Å². The highest BCUT2D eigenvalue weighted by Gasteiger charge is 2.24. The lowest BCUT2D eigenvalue weighted by Gasteiger charge is -2.34. The summed E-state index contributed by atoms with van der Waals surface area (Å²) in [4.78, 5) is 34.0. The van der Waals surface area contributed by atoms with Gasteiger partial charge in [0.25, 0.3) is 11.5 Å². The highest BCUT2D eigenvalue weighted by molar-refractivity contribution is 5.95. The third-order valence-electron chi connectivity index (χ3n) is 4.60. The highest BCUT2D eigenvalue weighted by atomic mass is 16.5. The molecule has 3 heterocycles. The first kappa shape index (κ1) is 18.3. The molecule has 1 aliphatic rings. The summed E-state index contributed by atoms with van der Waals surface area (Å²) in [6.45, 7) is 6.89. The number of aryl methyl sites for hydroxylation is 2. The molecule has 138 valence electrons. The van der Waals surface area contributed by atoms with Gasteiger partial charge in [0.05, 0.1) is 19.3 Å². The minimum atomic E-state index is -0.357. The number of pyridine rings is 2. The maximum Gasteiger partial charge on any atom is 0.261 e. The van der Waals surface area contributed by atoms with Gasteiger partial charge in [-0.05, 0) is 37.1 Å². The molecule has 0 aromatic carbocycles. The fourth-order valence-electron chi connectivity index (χ4n) is 3.33. The maximum atomic E-state index is 12.6. The second kappa shape index (κ2) is 8.25. The fourth-order valence-corrected chi connectivity index (χ4v) is 3.33. The van der Waals surface area contributed by atoms with Crippen LogP contribution in [-0.2, 0) is 4.74 Å². The SMILES string of the molecule is Cc1cc(C)c(C(=O)NC[C@H](c2cccnc2)N2CCOCC2)c(=O)[nH]1. The fraction of sp³-hybridized carbons (Fsp3) is 0.421. The van der Waals surface area contributed by atoms with E-state index in [0.717, 1.165) is 24.3 Å². The number of hydrogen-bond donors (Lipinski definition) is 2. The Balaban J connectivity index is 1.77. The van der Waals surface area contributed by atoms with Crippen LogP contribution in [0.2, 0.25) is 0 Å². The van der Waals surface area contributed by atoms with E-state index in [1.807, 2.05) is 18.3 Å². The third-order valence-corrected chi connectivity index (χ3v) is 4.60. The summed E-state index contributed by atoms with van der Waals surface area (Å²) >= 11 is 0. The molecular formula is C19H24N4O3. The number of aromatic amines is 1. The molecule has 0 spiro atoms. The van der Waals surface area contributed by atoms with Gasteiger partial charge in [0.1, 0.15) is 5.56 Å². The Morgan fingerprint density at radius 2 is 2.15 bits per heavy atom. The van der Waals surface area contributed by atoms with Crippen molar-refractivity contribution in [3.05, 3.63) is 63.3 Å². The van der Waals surface area contributed by atoms with Gasteiger partial charge in [0.15, 0.2) is 0 Å². The molecule has 0 saturated carbocycles. The Kier molecular flexibility index (Phi) is 5.80. The van der Waals surface area contributed by atoms with E-state index in [0.29, 0.717) is 25.3 Å².